The summed E-state index contributed by atoms with van der Waals surface area (Å²) in [4.78, 5) is 16.7. The van der Waals surface area contributed by atoms with E-state index in [0.717, 1.165) is 0 Å². The summed E-state index contributed by atoms with van der Waals surface area (Å²) in [6.07, 6.45) is 8.39. The summed E-state index contributed by atoms with van der Waals surface area (Å²) in [6.45, 7) is 0. The van der Waals surface area contributed by atoms with Crippen molar-refractivity contribution >= 4 is 11.1 Å². The molecule has 10 nitrogen and oxygen atoms in total. The van der Waals surface area contributed by atoms with Crippen LogP contribution in [0.3, 0.4) is 0 Å². The fraction of sp³-hybridized carbons (Fsp3) is 0. The van der Waals surface area contributed by atoms with E-state index in [4.69, 9.17) is 10.5 Å². The van der Waals surface area contributed by atoms with Crippen molar-refractivity contribution in [2.24, 2.45) is 0 Å². The minimum atomic E-state index is -0.225. The van der Waals surface area contributed by atoms with Gasteiger partial charge in [0.1, 0.15) is 47.6 Å². The first kappa shape index (κ1) is 21.0. The van der Waals surface area contributed by atoms with E-state index in [-0.39, 0.29) is 45.1 Å². The SMILES string of the molecule is N#CC(C#N)=C1C(c2ncc(C#N)cn2)=CC2=C1C=C(c1ncc(C#N)cn1)C2=C(C#N)C#N. The van der Waals surface area contributed by atoms with E-state index in [0.29, 0.717) is 22.3 Å². The molecule has 0 saturated carbocycles. The Morgan fingerprint density at radius 1 is 0.529 bits per heavy atom. The molecule has 0 spiro atoms. The van der Waals surface area contributed by atoms with Crippen molar-refractivity contribution in [3.63, 3.8) is 0 Å². The maximum absolute atomic E-state index is 9.60. The van der Waals surface area contributed by atoms with E-state index < -0.39 is 0 Å². The molecule has 2 aromatic rings. The molecule has 0 saturated heterocycles. The van der Waals surface area contributed by atoms with E-state index in [2.05, 4.69) is 19.9 Å². The molecule has 4 rings (SSSR count). The van der Waals surface area contributed by atoms with E-state index >= 15 is 0 Å². The standard InChI is InChI=1S/C24H6N10/c25-3-13-9-31-23(32-10-13)19-1-17-18(22(19)16(7-29)8-30)2-20(21(17)15(5-27)6-28)24-33-11-14(4-26)12-34-24/h1-2,9-12H. The number of rotatable bonds is 2. The Balaban J connectivity index is 1.99. The predicted molar refractivity (Wildman–Crippen MR) is 113 cm³/mol. The van der Waals surface area contributed by atoms with Crippen LogP contribution in [0.15, 0.2) is 70.4 Å². The maximum Gasteiger partial charge on any atom is 0.159 e. The first-order valence-electron chi connectivity index (χ1n) is 9.33. The van der Waals surface area contributed by atoms with Crippen molar-refractivity contribution in [2.45, 2.75) is 0 Å². The summed E-state index contributed by atoms with van der Waals surface area (Å²) < 4.78 is 0. The van der Waals surface area contributed by atoms with E-state index in [1.54, 1.807) is 12.2 Å². The van der Waals surface area contributed by atoms with Crippen LogP contribution in [0.1, 0.15) is 22.8 Å². The molecule has 2 aliphatic carbocycles. The quantitative estimate of drug-likeness (QED) is 0.633. The number of allylic oxidation sites excluding steroid dienone is 10. The molecule has 10 heteroatoms. The number of nitrogens with zero attached hydrogens (tertiary/aromatic N) is 10. The molecule has 0 aromatic carbocycles. The Labute approximate surface area is 192 Å². The van der Waals surface area contributed by atoms with Gasteiger partial charge in [-0.25, -0.2) is 19.9 Å². The van der Waals surface area contributed by atoms with Gasteiger partial charge in [-0.2, -0.15) is 31.6 Å². The molecular formula is C24H6N10. The van der Waals surface area contributed by atoms with Gasteiger partial charge >= 0.3 is 0 Å². The molecule has 2 aromatic heterocycles. The van der Waals surface area contributed by atoms with Crippen LogP contribution < -0.4 is 0 Å². The molecule has 2 heterocycles. The summed E-state index contributed by atoms with van der Waals surface area (Å²) in [5, 5.41) is 56.4. The van der Waals surface area contributed by atoms with Crippen molar-refractivity contribution < 1.29 is 0 Å². The van der Waals surface area contributed by atoms with Gasteiger partial charge in [0.2, 0.25) is 0 Å². The Morgan fingerprint density at radius 2 is 0.853 bits per heavy atom. The molecule has 0 bridgehead atoms. The van der Waals surface area contributed by atoms with Crippen LogP contribution in [0.25, 0.3) is 11.1 Å². The van der Waals surface area contributed by atoms with Crippen LogP contribution in [-0.2, 0) is 0 Å². The van der Waals surface area contributed by atoms with E-state index in [1.807, 2.05) is 36.4 Å². The number of hydrogen-bond acceptors (Lipinski definition) is 10. The second-order valence-corrected chi connectivity index (χ2v) is 6.70. The smallest absolute Gasteiger partial charge is 0.159 e. The molecule has 0 fully saturated rings. The van der Waals surface area contributed by atoms with Crippen molar-refractivity contribution in [3.8, 4) is 36.4 Å². The Bertz CT molecular complexity index is 1510. The van der Waals surface area contributed by atoms with Crippen LogP contribution in [0.4, 0.5) is 0 Å². The lowest BCUT2D eigenvalue weighted by molar-refractivity contribution is 1.10. The highest BCUT2D eigenvalue weighted by Gasteiger charge is 2.36. The fourth-order valence-corrected chi connectivity index (χ4v) is 3.51. The lowest BCUT2D eigenvalue weighted by Crippen LogP contribution is -2.00. The number of hydrogen-bond donors (Lipinski definition) is 0. The third kappa shape index (κ3) is 3.26. The lowest BCUT2D eigenvalue weighted by Gasteiger charge is -2.09. The molecule has 0 radical (unpaired) electrons. The van der Waals surface area contributed by atoms with Gasteiger partial charge in [0.15, 0.2) is 11.6 Å². The third-order valence-corrected chi connectivity index (χ3v) is 4.94. The third-order valence-electron chi connectivity index (χ3n) is 4.94. The zero-order valence-electron chi connectivity index (χ0n) is 16.9. The topological polar surface area (TPSA) is 194 Å². The van der Waals surface area contributed by atoms with Gasteiger partial charge in [-0.1, -0.05) is 0 Å². The van der Waals surface area contributed by atoms with E-state index in [9.17, 15) is 21.0 Å². The highest BCUT2D eigenvalue weighted by Crippen LogP contribution is 2.50. The maximum atomic E-state index is 9.60. The van der Waals surface area contributed by atoms with E-state index in [1.165, 1.54) is 24.8 Å². The van der Waals surface area contributed by atoms with Crippen LogP contribution in [0, 0.1) is 68.0 Å². The second-order valence-electron chi connectivity index (χ2n) is 6.70. The molecule has 0 aliphatic heterocycles. The van der Waals surface area contributed by atoms with Gasteiger partial charge < -0.3 is 0 Å². The van der Waals surface area contributed by atoms with Gasteiger partial charge in [-0.3, -0.25) is 0 Å². The minimum absolute atomic E-state index is 0.158. The normalized spacial score (nSPS) is 13.2. The molecule has 0 N–H and O–H groups in total. The Kier molecular flexibility index (Phi) is 5.26. The van der Waals surface area contributed by atoms with Crippen LogP contribution in [0.5, 0.6) is 0 Å². The van der Waals surface area contributed by atoms with Crippen molar-refractivity contribution in [1.82, 2.24) is 19.9 Å². The second kappa shape index (κ2) is 8.50. The predicted octanol–water partition coefficient (Wildman–Crippen LogP) is 2.49. The largest absolute Gasteiger partial charge is 0.235 e. The average Bonchev–Trinajstić information content (AvgIpc) is 3.43. The summed E-state index contributed by atoms with van der Waals surface area (Å²) in [7, 11) is 0. The fourth-order valence-electron chi connectivity index (χ4n) is 3.51. The van der Waals surface area contributed by atoms with Gasteiger partial charge in [0, 0.05) is 47.1 Å². The summed E-state index contributed by atoms with van der Waals surface area (Å²) in [6, 6.07) is 11.3. The average molecular weight is 434 g/mol. The zero-order valence-corrected chi connectivity index (χ0v) is 16.9. The molecule has 0 amide bonds. The molecular weight excluding hydrogens is 428 g/mol. The molecule has 2 aliphatic rings. The van der Waals surface area contributed by atoms with Gasteiger partial charge in [-0.05, 0) is 23.3 Å². The number of aromatic nitrogens is 4. The summed E-state index contributed by atoms with van der Waals surface area (Å²) >= 11 is 0. The first-order valence-corrected chi connectivity index (χ1v) is 9.33. The van der Waals surface area contributed by atoms with Crippen LogP contribution >= 0.6 is 0 Å². The van der Waals surface area contributed by atoms with Crippen molar-refractivity contribution in [1.29, 1.82) is 31.6 Å². The Morgan fingerprint density at radius 3 is 1.12 bits per heavy atom. The van der Waals surface area contributed by atoms with Gasteiger partial charge in [0.05, 0.1) is 11.1 Å². The zero-order chi connectivity index (χ0) is 24.2. The minimum Gasteiger partial charge on any atom is -0.235 e. The highest BCUT2D eigenvalue weighted by molar-refractivity contribution is 6.03. The molecule has 0 atom stereocenters. The highest BCUT2D eigenvalue weighted by atomic mass is 14.9. The van der Waals surface area contributed by atoms with Crippen LogP contribution in [0.2, 0.25) is 0 Å². The molecule has 152 valence electrons. The summed E-state index contributed by atoms with van der Waals surface area (Å²) in [5.41, 5.74) is 1.92. The monoisotopic (exact) mass is 434 g/mol. The van der Waals surface area contributed by atoms with Crippen LogP contribution in [-0.4, -0.2) is 19.9 Å². The molecule has 0 unspecified atom stereocenters. The first-order chi connectivity index (χ1) is 16.6. The lowest BCUT2D eigenvalue weighted by atomic mass is 9.96. The van der Waals surface area contributed by atoms with Gasteiger partial charge in [0.25, 0.3) is 0 Å². The van der Waals surface area contributed by atoms with Gasteiger partial charge in [-0.15, -0.1) is 0 Å². The Hall–Kier alpha value is -6.20. The van der Waals surface area contributed by atoms with Crippen molar-refractivity contribution in [3.05, 3.63) is 93.2 Å². The molecule has 34 heavy (non-hydrogen) atoms. The van der Waals surface area contributed by atoms with Crippen molar-refractivity contribution in [2.75, 3.05) is 0 Å². The number of nitriles is 6. The summed E-state index contributed by atoms with van der Waals surface area (Å²) in [5.74, 6) is 0.316.